The van der Waals surface area contributed by atoms with Gasteiger partial charge in [-0.25, -0.2) is 0 Å². The summed E-state index contributed by atoms with van der Waals surface area (Å²) in [6.45, 7) is 8.26. The molecule has 0 aromatic heterocycles. The van der Waals surface area contributed by atoms with Gasteiger partial charge in [-0.05, 0) is 37.6 Å². The monoisotopic (exact) mass is 293 g/mol. The van der Waals surface area contributed by atoms with Crippen molar-refractivity contribution < 1.29 is 9.47 Å². The van der Waals surface area contributed by atoms with E-state index in [4.69, 9.17) is 9.47 Å². The van der Waals surface area contributed by atoms with Gasteiger partial charge in [0.25, 0.3) is 0 Å². The average molecular weight is 293 g/mol. The molecule has 0 atom stereocenters. The summed E-state index contributed by atoms with van der Waals surface area (Å²) in [5.74, 6) is 0.928. The van der Waals surface area contributed by atoms with Gasteiger partial charge < -0.3 is 14.8 Å². The molecule has 0 heterocycles. The number of ether oxygens (including phenoxy) is 2. The zero-order valence-corrected chi connectivity index (χ0v) is 13.7. The van der Waals surface area contributed by atoms with E-state index < -0.39 is 0 Å². The van der Waals surface area contributed by atoms with Crippen LogP contribution < -0.4 is 10.1 Å². The van der Waals surface area contributed by atoms with E-state index in [1.807, 2.05) is 19.1 Å². The van der Waals surface area contributed by atoms with Crippen molar-refractivity contribution in [1.82, 2.24) is 5.32 Å². The van der Waals surface area contributed by atoms with E-state index in [-0.39, 0.29) is 0 Å². The summed E-state index contributed by atoms with van der Waals surface area (Å²) in [6.07, 6.45) is 6.64. The van der Waals surface area contributed by atoms with Gasteiger partial charge in [-0.3, -0.25) is 0 Å². The fourth-order valence-electron chi connectivity index (χ4n) is 2.19. The second-order valence-corrected chi connectivity index (χ2v) is 5.28. The van der Waals surface area contributed by atoms with Gasteiger partial charge in [-0.1, -0.05) is 44.7 Å². The summed E-state index contributed by atoms with van der Waals surface area (Å²) in [5, 5.41) is 3.50. The van der Waals surface area contributed by atoms with Gasteiger partial charge in [-0.15, -0.1) is 0 Å². The molecule has 1 N–H and O–H groups in total. The molecule has 0 radical (unpaired) electrons. The molecule has 0 bridgehead atoms. The Hall–Kier alpha value is -1.06. The fourth-order valence-corrected chi connectivity index (χ4v) is 2.19. The molecule has 0 aliphatic heterocycles. The summed E-state index contributed by atoms with van der Waals surface area (Å²) >= 11 is 0. The molecular weight excluding hydrogens is 262 g/mol. The maximum absolute atomic E-state index is 5.67. The summed E-state index contributed by atoms with van der Waals surface area (Å²) in [4.78, 5) is 0. The van der Waals surface area contributed by atoms with Crippen LogP contribution in [0.25, 0.3) is 0 Å². The van der Waals surface area contributed by atoms with Crippen LogP contribution in [0.1, 0.15) is 51.5 Å². The number of unbranched alkanes of at least 4 members (excludes halogenated alkanes) is 4. The molecule has 0 aliphatic carbocycles. The first-order valence-electron chi connectivity index (χ1n) is 8.37. The van der Waals surface area contributed by atoms with Crippen molar-refractivity contribution >= 4 is 0 Å². The topological polar surface area (TPSA) is 30.5 Å². The first-order valence-corrected chi connectivity index (χ1v) is 8.37. The van der Waals surface area contributed by atoms with Crippen LogP contribution in [0, 0.1) is 0 Å². The van der Waals surface area contributed by atoms with Gasteiger partial charge in [-0.2, -0.15) is 0 Å². The van der Waals surface area contributed by atoms with E-state index in [0.717, 1.165) is 25.4 Å². The summed E-state index contributed by atoms with van der Waals surface area (Å²) in [5.41, 5.74) is 1.28. The number of benzene rings is 1. The summed E-state index contributed by atoms with van der Waals surface area (Å²) in [6, 6.07) is 8.30. The Morgan fingerprint density at radius 1 is 1.00 bits per heavy atom. The van der Waals surface area contributed by atoms with Crippen molar-refractivity contribution in [1.29, 1.82) is 0 Å². The van der Waals surface area contributed by atoms with Gasteiger partial charge in [0.05, 0.1) is 6.61 Å². The zero-order valence-electron chi connectivity index (χ0n) is 13.7. The lowest BCUT2D eigenvalue weighted by atomic mass is 10.1. The molecule has 1 rings (SSSR count). The minimum atomic E-state index is 0.613. The quantitative estimate of drug-likeness (QED) is 0.554. The molecule has 0 saturated heterocycles. The highest BCUT2D eigenvalue weighted by Crippen LogP contribution is 2.13. The van der Waals surface area contributed by atoms with Crippen molar-refractivity contribution in [3.63, 3.8) is 0 Å². The molecule has 0 unspecified atom stereocenters. The predicted molar refractivity (Wildman–Crippen MR) is 88.9 cm³/mol. The fraction of sp³-hybridized carbons (Fsp3) is 0.667. The van der Waals surface area contributed by atoms with Crippen LogP contribution >= 0.6 is 0 Å². The third kappa shape index (κ3) is 9.48. The van der Waals surface area contributed by atoms with Crippen LogP contribution in [0.4, 0.5) is 0 Å². The maximum Gasteiger partial charge on any atom is 0.119 e. The Kier molecular flexibility index (Phi) is 10.8. The van der Waals surface area contributed by atoms with Crippen LogP contribution in [-0.2, 0) is 11.3 Å². The molecule has 3 nitrogen and oxygen atoms in total. The maximum atomic E-state index is 5.67. The average Bonchev–Trinajstić information content (AvgIpc) is 2.51. The molecule has 0 amide bonds. The van der Waals surface area contributed by atoms with Crippen LogP contribution in [0.2, 0.25) is 0 Å². The van der Waals surface area contributed by atoms with E-state index in [1.165, 1.54) is 37.7 Å². The second kappa shape index (κ2) is 12.7. The Morgan fingerprint density at radius 3 is 2.67 bits per heavy atom. The molecular formula is C18H31NO2. The Bertz CT molecular complexity index is 355. The van der Waals surface area contributed by atoms with Gasteiger partial charge in [0.1, 0.15) is 12.4 Å². The van der Waals surface area contributed by atoms with Crippen molar-refractivity contribution in [2.45, 2.75) is 52.5 Å². The van der Waals surface area contributed by atoms with Crippen molar-refractivity contribution in [3.8, 4) is 5.75 Å². The van der Waals surface area contributed by atoms with Gasteiger partial charge in [0.2, 0.25) is 0 Å². The van der Waals surface area contributed by atoms with Crippen molar-refractivity contribution in [2.75, 3.05) is 26.4 Å². The van der Waals surface area contributed by atoms with E-state index in [9.17, 15) is 0 Å². The molecule has 0 spiro atoms. The highest BCUT2D eigenvalue weighted by molar-refractivity contribution is 5.28. The third-order valence-corrected chi connectivity index (χ3v) is 3.39. The van der Waals surface area contributed by atoms with Gasteiger partial charge in [0, 0.05) is 13.2 Å². The van der Waals surface area contributed by atoms with E-state index in [1.54, 1.807) is 0 Å². The normalized spacial score (nSPS) is 10.8. The molecule has 1 aromatic carbocycles. The highest BCUT2D eigenvalue weighted by Gasteiger charge is 1.97. The number of hydrogen-bond donors (Lipinski definition) is 1. The molecule has 1 aromatic rings. The van der Waals surface area contributed by atoms with Crippen LogP contribution in [0.3, 0.4) is 0 Å². The third-order valence-electron chi connectivity index (χ3n) is 3.39. The van der Waals surface area contributed by atoms with E-state index in [2.05, 4.69) is 24.4 Å². The standard InChI is InChI=1S/C18H31NO2/c1-3-5-6-7-8-12-19-16-17-10-9-11-18(15-17)21-14-13-20-4-2/h9-11,15,19H,3-8,12-14,16H2,1-2H3. The summed E-state index contributed by atoms with van der Waals surface area (Å²) in [7, 11) is 0. The van der Waals surface area contributed by atoms with Gasteiger partial charge >= 0.3 is 0 Å². The lowest BCUT2D eigenvalue weighted by molar-refractivity contribution is 0.110. The van der Waals surface area contributed by atoms with Crippen molar-refractivity contribution in [2.24, 2.45) is 0 Å². The summed E-state index contributed by atoms with van der Waals surface area (Å²) < 4.78 is 10.9. The minimum absolute atomic E-state index is 0.613. The Balaban J connectivity index is 2.14. The first kappa shape index (κ1) is 18.0. The lowest BCUT2D eigenvalue weighted by Gasteiger charge is -2.09. The molecule has 0 aliphatic rings. The zero-order chi connectivity index (χ0) is 15.2. The molecule has 0 fully saturated rings. The largest absolute Gasteiger partial charge is 0.491 e. The van der Waals surface area contributed by atoms with Crippen LogP contribution in [0.15, 0.2) is 24.3 Å². The molecule has 120 valence electrons. The van der Waals surface area contributed by atoms with Crippen LogP contribution in [0.5, 0.6) is 5.75 Å². The smallest absolute Gasteiger partial charge is 0.119 e. The van der Waals surface area contributed by atoms with E-state index >= 15 is 0 Å². The van der Waals surface area contributed by atoms with Gasteiger partial charge in [0.15, 0.2) is 0 Å². The van der Waals surface area contributed by atoms with Crippen molar-refractivity contribution in [3.05, 3.63) is 29.8 Å². The van der Waals surface area contributed by atoms with E-state index in [0.29, 0.717) is 13.2 Å². The number of hydrogen-bond acceptors (Lipinski definition) is 3. The SMILES string of the molecule is CCCCCCCNCc1cccc(OCCOCC)c1. The number of rotatable bonds is 13. The first-order chi connectivity index (χ1) is 10.4. The number of nitrogens with one attached hydrogen (secondary N) is 1. The highest BCUT2D eigenvalue weighted by atomic mass is 16.5. The Labute approximate surface area is 130 Å². The second-order valence-electron chi connectivity index (χ2n) is 5.28. The minimum Gasteiger partial charge on any atom is -0.491 e. The lowest BCUT2D eigenvalue weighted by Crippen LogP contribution is -2.14. The van der Waals surface area contributed by atoms with Crippen LogP contribution in [-0.4, -0.2) is 26.4 Å². The molecule has 3 heteroatoms. The molecule has 21 heavy (non-hydrogen) atoms. The Morgan fingerprint density at radius 2 is 1.86 bits per heavy atom. The molecule has 0 saturated carbocycles. The predicted octanol–water partition coefficient (Wildman–Crippen LogP) is 4.16.